The zero-order valence-electron chi connectivity index (χ0n) is 13.2. The maximum absolute atomic E-state index is 11.0. The zero-order chi connectivity index (χ0) is 17.2. The van der Waals surface area contributed by atoms with Gasteiger partial charge in [0, 0.05) is 28.5 Å². The summed E-state index contributed by atoms with van der Waals surface area (Å²) >= 11 is 7.67. The molecule has 126 valence electrons. The Morgan fingerprint density at radius 3 is 2.76 bits per heavy atom. The monoisotopic (exact) mass is 370 g/mol. The molecule has 2 unspecified atom stereocenters. The van der Waals surface area contributed by atoms with Crippen molar-refractivity contribution < 1.29 is 9.63 Å². The van der Waals surface area contributed by atoms with Crippen molar-refractivity contribution in [2.45, 2.75) is 17.8 Å². The molecule has 1 N–H and O–H groups in total. The van der Waals surface area contributed by atoms with E-state index in [1.54, 1.807) is 42.4 Å². The largest absolute Gasteiger partial charge is 0.383 e. The van der Waals surface area contributed by atoms with Crippen LogP contribution >= 0.6 is 23.4 Å². The van der Waals surface area contributed by atoms with Crippen LogP contribution in [0, 0.1) is 0 Å². The number of pyridine rings is 1. The lowest BCUT2D eigenvalue weighted by Crippen LogP contribution is -2.05. The molecule has 3 heterocycles. The highest BCUT2D eigenvalue weighted by atomic mass is 35.5. The van der Waals surface area contributed by atoms with Crippen LogP contribution in [0.25, 0.3) is 11.3 Å². The van der Waals surface area contributed by atoms with Crippen molar-refractivity contribution in [3.8, 4) is 11.3 Å². The van der Waals surface area contributed by atoms with E-state index >= 15 is 0 Å². The van der Waals surface area contributed by atoms with Crippen LogP contribution in [0.15, 0.2) is 64.8 Å². The van der Waals surface area contributed by atoms with Crippen molar-refractivity contribution >= 4 is 23.4 Å². The lowest BCUT2D eigenvalue weighted by Gasteiger charge is -2.14. The maximum atomic E-state index is 11.0. The van der Waals surface area contributed by atoms with Gasteiger partial charge in [0.25, 0.3) is 0 Å². The molecule has 1 aliphatic rings. The summed E-state index contributed by atoms with van der Waals surface area (Å²) in [5.74, 6) is 0.565. The molecule has 4 rings (SSSR count). The highest BCUT2D eigenvalue weighted by molar-refractivity contribution is 8.02. The molecular weight excluding hydrogens is 356 g/mol. The second kappa shape index (κ2) is 7.04. The molecule has 0 fully saturated rings. The van der Waals surface area contributed by atoms with Crippen LogP contribution < -0.4 is 0 Å². The summed E-state index contributed by atoms with van der Waals surface area (Å²) in [6, 6.07) is 11.0. The minimum Gasteiger partial charge on any atom is -0.383 e. The molecule has 1 aliphatic heterocycles. The molecule has 2 aromatic heterocycles. The van der Waals surface area contributed by atoms with E-state index in [1.807, 2.05) is 18.2 Å². The van der Waals surface area contributed by atoms with Gasteiger partial charge in [-0.1, -0.05) is 28.9 Å². The molecule has 3 aromatic rings. The molecule has 6 heteroatoms. The topological polar surface area (TPSA) is 59.2 Å². The number of rotatable bonds is 4. The van der Waals surface area contributed by atoms with E-state index in [1.165, 1.54) is 0 Å². The Morgan fingerprint density at radius 1 is 1.24 bits per heavy atom. The van der Waals surface area contributed by atoms with Crippen molar-refractivity contribution in [2.24, 2.45) is 0 Å². The summed E-state index contributed by atoms with van der Waals surface area (Å²) in [6.45, 7) is 0. The summed E-state index contributed by atoms with van der Waals surface area (Å²) < 4.78 is 5.66. The van der Waals surface area contributed by atoms with E-state index in [4.69, 9.17) is 16.1 Å². The highest BCUT2D eigenvalue weighted by Gasteiger charge is 2.30. The van der Waals surface area contributed by atoms with Gasteiger partial charge in [0.1, 0.15) is 11.8 Å². The van der Waals surface area contributed by atoms with E-state index < -0.39 is 6.10 Å². The molecule has 0 saturated carbocycles. The molecule has 1 aromatic carbocycles. The summed E-state index contributed by atoms with van der Waals surface area (Å²) in [5.41, 5.74) is 3.00. The molecule has 4 nitrogen and oxygen atoms in total. The number of aliphatic hydroxyl groups excluding tert-OH is 1. The SMILES string of the molecule is OC(c1cccnc1)c1c(C2CC=CS2)noc1-c1ccc(Cl)cc1. The van der Waals surface area contributed by atoms with E-state index in [0.29, 0.717) is 21.9 Å². The first-order valence-electron chi connectivity index (χ1n) is 7.88. The van der Waals surface area contributed by atoms with Crippen molar-refractivity contribution in [3.05, 3.63) is 82.1 Å². The van der Waals surface area contributed by atoms with Crippen LogP contribution in [0.4, 0.5) is 0 Å². The third kappa shape index (κ3) is 3.23. The van der Waals surface area contributed by atoms with Crippen molar-refractivity contribution in [2.75, 3.05) is 0 Å². The van der Waals surface area contributed by atoms with Gasteiger partial charge in [0.2, 0.25) is 0 Å². The van der Waals surface area contributed by atoms with Gasteiger partial charge in [-0.3, -0.25) is 4.98 Å². The number of nitrogens with zero attached hydrogens (tertiary/aromatic N) is 2. The maximum Gasteiger partial charge on any atom is 0.173 e. The molecule has 0 aliphatic carbocycles. The predicted molar refractivity (Wildman–Crippen MR) is 99.3 cm³/mol. The normalized spacial score (nSPS) is 17.8. The van der Waals surface area contributed by atoms with E-state index in [9.17, 15) is 5.11 Å². The van der Waals surface area contributed by atoms with Crippen LogP contribution in [-0.2, 0) is 0 Å². The van der Waals surface area contributed by atoms with Gasteiger partial charge < -0.3 is 9.63 Å². The average molecular weight is 371 g/mol. The van der Waals surface area contributed by atoms with Crippen molar-refractivity contribution in [1.29, 1.82) is 0 Å². The second-order valence-electron chi connectivity index (χ2n) is 5.74. The highest BCUT2D eigenvalue weighted by Crippen LogP contribution is 2.44. The first kappa shape index (κ1) is 16.4. The third-order valence-corrected chi connectivity index (χ3v) is 5.48. The lowest BCUT2D eigenvalue weighted by atomic mass is 9.96. The Hall–Kier alpha value is -2.08. The number of benzene rings is 1. The van der Waals surface area contributed by atoms with Gasteiger partial charge in [-0.25, -0.2) is 0 Å². The fourth-order valence-corrected chi connectivity index (χ4v) is 3.94. The van der Waals surface area contributed by atoms with Crippen LogP contribution in [0.1, 0.15) is 34.6 Å². The van der Waals surface area contributed by atoms with Crippen molar-refractivity contribution in [3.63, 3.8) is 0 Å². The number of hydrogen-bond acceptors (Lipinski definition) is 5. The predicted octanol–water partition coefficient (Wildman–Crippen LogP) is 5.16. The summed E-state index contributed by atoms with van der Waals surface area (Å²) in [4.78, 5) is 4.11. The summed E-state index contributed by atoms with van der Waals surface area (Å²) in [7, 11) is 0. The molecule has 25 heavy (non-hydrogen) atoms. The Labute approximate surface area is 154 Å². The quantitative estimate of drug-likeness (QED) is 0.687. The molecule has 0 bridgehead atoms. The Morgan fingerprint density at radius 2 is 2.08 bits per heavy atom. The number of allylic oxidation sites excluding steroid dienone is 1. The molecule has 0 saturated heterocycles. The third-order valence-electron chi connectivity index (χ3n) is 4.13. The standard InChI is InChI=1S/C19H15ClN2O2S/c20-14-7-5-12(6-8-14)19-16(18(23)13-3-1-9-21-11-13)17(22-24-19)15-4-2-10-25-15/h1-3,5-11,15,18,23H,4H2. The van der Waals surface area contributed by atoms with Crippen LogP contribution in [-0.4, -0.2) is 15.2 Å². The van der Waals surface area contributed by atoms with Gasteiger partial charge in [0.05, 0.1) is 10.8 Å². The van der Waals surface area contributed by atoms with Crippen LogP contribution in [0.3, 0.4) is 0 Å². The average Bonchev–Trinajstić information content (AvgIpc) is 3.32. The van der Waals surface area contributed by atoms with Crippen LogP contribution in [0.5, 0.6) is 0 Å². The fourth-order valence-electron chi connectivity index (χ4n) is 2.88. The first-order chi connectivity index (χ1) is 12.2. The van der Waals surface area contributed by atoms with E-state index in [-0.39, 0.29) is 5.25 Å². The molecule has 2 atom stereocenters. The lowest BCUT2D eigenvalue weighted by molar-refractivity contribution is 0.218. The number of aromatic nitrogens is 2. The number of aliphatic hydroxyl groups is 1. The smallest absolute Gasteiger partial charge is 0.173 e. The molecule has 0 spiro atoms. The fraction of sp³-hybridized carbons (Fsp3) is 0.158. The van der Waals surface area contributed by atoms with E-state index in [2.05, 4.69) is 21.6 Å². The van der Waals surface area contributed by atoms with Gasteiger partial charge in [-0.05, 0) is 42.2 Å². The van der Waals surface area contributed by atoms with Gasteiger partial charge >= 0.3 is 0 Å². The second-order valence-corrected chi connectivity index (χ2v) is 7.29. The minimum atomic E-state index is -0.859. The number of thioether (sulfide) groups is 1. The number of halogens is 1. The van der Waals surface area contributed by atoms with Gasteiger partial charge in [0.15, 0.2) is 5.76 Å². The molecule has 0 radical (unpaired) electrons. The zero-order valence-corrected chi connectivity index (χ0v) is 14.7. The summed E-state index contributed by atoms with van der Waals surface area (Å²) in [6.07, 6.45) is 5.45. The molecular formula is C19H15ClN2O2S. The Bertz CT molecular complexity index is 886. The van der Waals surface area contributed by atoms with Crippen molar-refractivity contribution in [1.82, 2.24) is 10.1 Å². The Balaban J connectivity index is 1.83. The van der Waals surface area contributed by atoms with Gasteiger partial charge in [-0.15, -0.1) is 11.8 Å². The first-order valence-corrected chi connectivity index (χ1v) is 9.20. The molecule has 0 amide bonds. The minimum absolute atomic E-state index is 0.145. The summed E-state index contributed by atoms with van der Waals surface area (Å²) in [5, 5.41) is 18.2. The van der Waals surface area contributed by atoms with E-state index in [0.717, 1.165) is 17.7 Å². The Kier molecular flexibility index (Phi) is 4.61. The van der Waals surface area contributed by atoms with Crippen LogP contribution in [0.2, 0.25) is 5.02 Å². The van der Waals surface area contributed by atoms with Gasteiger partial charge in [-0.2, -0.15) is 0 Å². The number of hydrogen-bond donors (Lipinski definition) is 1.